The lowest BCUT2D eigenvalue weighted by Crippen LogP contribution is -2.13. The van der Waals surface area contributed by atoms with Crippen LogP contribution in [0.2, 0.25) is 0 Å². The standard InChI is InChI=1S/C19H15FN4OS/c1-12-9-14(13(2)24(12)17-5-3-16(20)4-6-17)10-15(11-21)18(25)23-19-22-7-8-26-19/h3-10H,1-2H3,(H,22,23,25)/b15-10-. The molecule has 3 rings (SSSR count). The molecule has 0 aliphatic heterocycles. The zero-order chi connectivity index (χ0) is 18.7. The van der Waals surface area contributed by atoms with Gasteiger partial charge in [0.1, 0.15) is 17.5 Å². The van der Waals surface area contributed by atoms with Crippen molar-refractivity contribution in [1.82, 2.24) is 9.55 Å². The number of amides is 1. The van der Waals surface area contributed by atoms with E-state index in [1.807, 2.05) is 30.6 Å². The number of anilines is 1. The summed E-state index contributed by atoms with van der Waals surface area (Å²) in [6.07, 6.45) is 3.12. The molecule has 3 aromatic rings. The Morgan fingerprint density at radius 2 is 2.08 bits per heavy atom. The summed E-state index contributed by atoms with van der Waals surface area (Å²) >= 11 is 1.28. The fraction of sp³-hybridized carbons (Fsp3) is 0.105. The molecule has 0 saturated carbocycles. The lowest BCUT2D eigenvalue weighted by Gasteiger charge is -2.09. The van der Waals surface area contributed by atoms with E-state index in [0.717, 1.165) is 22.6 Å². The highest BCUT2D eigenvalue weighted by atomic mass is 32.1. The van der Waals surface area contributed by atoms with Crippen molar-refractivity contribution in [2.75, 3.05) is 5.32 Å². The van der Waals surface area contributed by atoms with Gasteiger partial charge in [0, 0.05) is 28.7 Å². The zero-order valence-electron chi connectivity index (χ0n) is 14.2. The lowest BCUT2D eigenvalue weighted by molar-refractivity contribution is -0.112. The van der Waals surface area contributed by atoms with Gasteiger partial charge in [-0.05, 0) is 55.8 Å². The van der Waals surface area contributed by atoms with Crippen LogP contribution in [0.15, 0.2) is 47.5 Å². The third-order valence-corrected chi connectivity index (χ3v) is 4.56. The van der Waals surface area contributed by atoms with Crippen molar-refractivity contribution in [2.24, 2.45) is 0 Å². The van der Waals surface area contributed by atoms with E-state index >= 15 is 0 Å². The Morgan fingerprint density at radius 1 is 1.35 bits per heavy atom. The van der Waals surface area contributed by atoms with E-state index in [1.54, 1.807) is 29.8 Å². The summed E-state index contributed by atoms with van der Waals surface area (Å²) in [5, 5.41) is 14.1. The number of rotatable bonds is 4. The Labute approximate surface area is 154 Å². The van der Waals surface area contributed by atoms with E-state index in [1.165, 1.54) is 23.5 Å². The smallest absolute Gasteiger partial charge is 0.268 e. The van der Waals surface area contributed by atoms with Crippen molar-refractivity contribution in [2.45, 2.75) is 13.8 Å². The van der Waals surface area contributed by atoms with E-state index in [9.17, 15) is 14.4 Å². The third-order valence-electron chi connectivity index (χ3n) is 3.87. The van der Waals surface area contributed by atoms with Crippen LogP contribution in [0.5, 0.6) is 0 Å². The number of benzene rings is 1. The van der Waals surface area contributed by atoms with Crippen LogP contribution in [-0.4, -0.2) is 15.5 Å². The average Bonchev–Trinajstić information content (AvgIpc) is 3.22. The fourth-order valence-electron chi connectivity index (χ4n) is 2.67. The molecule has 0 unspecified atom stereocenters. The van der Waals surface area contributed by atoms with Gasteiger partial charge in [0.15, 0.2) is 5.13 Å². The highest BCUT2D eigenvalue weighted by Gasteiger charge is 2.14. The summed E-state index contributed by atoms with van der Waals surface area (Å²) in [5.74, 6) is -0.809. The molecular weight excluding hydrogens is 351 g/mol. The molecule has 0 spiro atoms. The fourth-order valence-corrected chi connectivity index (χ4v) is 3.20. The third kappa shape index (κ3) is 3.55. The van der Waals surface area contributed by atoms with Gasteiger partial charge in [0.05, 0.1) is 0 Å². The van der Waals surface area contributed by atoms with E-state index in [-0.39, 0.29) is 11.4 Å². The molecular formula is C19H15FN4OS. The summed E-state index contributed by atoms with van der Waals surface area (Å²) < 4.78 is 15.1. The second-order valence-electron chi connectivity index (χ2n) is 5.60. The number of hydrogen-bond acceptors (Lipinski definition) is 4. The minimum atomic E-state index is -0.506. The molecule has 0 saturated heterocycles. The summed E-state index contributed by atoms with van der Waals surface area (Å²) in [5.41, 5.74) is 3.31. The minimum absolute atomic E-state index is 0.0143. The molecule has 0 aliphatic carbocycles. The first-order chi connectivity index (χ1) is 12.5. The molecule has 1 N–H and O–H groups in total. The van der Waals surface area contributed by atoms with Crippen LogP contribution >= 0.6 is 11.3 Å². The Kier molecular flexibility index (Phi) is 4.96. The van der Waals surface area contributed by atoms with Gasteiger partial charge in [-0.25, -0.2) is 9.37 Å². The average molecular weight is 366 g/mol. The van der Waals surface area contributed by atoms with Gasteiger partial charge in [0.2, 0.25) is 0 Å². The molecule has 0 fully saturated rings. The predicted octanol–water partition coefficient (Wildman–Crippen LogP) is 4.24. The number of aromatic nitrogens is 2. The Bertz CT molecular complexity index is 1010. The number of nitrogens with one attached hydrogen (secondary N) is 1. The van der Waals surface area contributed by atoms with Crippen molar-refractivity contribution in [1.29, 1.82) is 5.26 Å². The van der Waals surface area contributed by atoms with Gasteiger partial charge in [-0.3, -0.25) is 10.1 Å². The second kappa shape index (κ2) is 7.33. The number of carbonyl (C=O) groups excluding carboxylic acids is 1. The molecule has 26 heavy (non-hydrogen) atoms. The Hall–Kier alpha value is -3.24. The second-order valence-corrected chi connectivity index (χ2v) is 6.49. The van der Waals surface area contributed by atoms with E-state index < -0.39 is 5.91 Å². The molecule has 1 aromatic carbocycles. The number of aryl methyl sites for hydroxylation is 1. The number of hydrogen-bond donors (Lipinski definition) is 1. The quantitative estimate of drug-likeness (QED) is 0.555. The predicted molar refractivity (Wildman–Crippen MR) is 99.5 cm³/mol. The molecule has 7 heteroatoms. The summed E-state index contributed by atoms with van der Waals surface area (Å²) in [4.78, 5) is 16.3. The van der Waals surface area contributed by atoms with Crippen LogP contribution in [-0.2, 0) is 4.79 Å². The van der Waals surface area contributed by atoms with E-state index in [4.69, 9.17) is 0 Å². The van der Waals surface area contributed by atoms with E-state index in [2.05, 4.69) is 10.3 Å². The number of thiazole rings is 1. The highest BCUT2D eigenvalue weighted by Crippen LogP contribution is 2.23. The maximum Gasteiger partial charge on any atom is 0.268 e. The van der Waals surface area contributed by atoms with Gasteiger partial charge in [-0.2, -0.15) is 5.26 Å². The Morgan fingerprint density at radius 3 is 2.69 bits per heavy atom. The molecule has 2 aromatic heterocycles. The minimum Gasteiger partial charge on any atom is -0.318 e. The first-order valence-electron chi connectivity index (χ1n) is 7.77. The van der Waals surface area contributed by atoms with Crippen LogP contribution in [0.4, 0.5) is 9.52 Å². The van der Waals surface area contributed by atoms with Crippen molar-refractivity contribution in [3.05, 3.63) is 70.3 Å². The van der Waals surface area contributed by atoms with Gasteiger partial charge in [-0.15, -0.1) is 11.3 Å². The van der Waals surface area contributed by atoms with Gasteiger partial charge in [-0.1, -0.05) is 0 Å². The Balaban J connectivity index is 1.94. The molecule has 0 atom stereocenters. The SMILES string of the molecule is Cc1cc(/C=C(/C#N)C(=O)Nc2nccs2)c(C)n1-c1ccc(F)cc1. The van der Waals surface area contributed by atoms with Crippen LogP contribution in [0.3, 0.4) is 0 Å². The van der Waals surface area contributed by atoms with Crippen molar-refractivity contribution < 1.29 is 9.18 Å². The molecule has 0 radical (unpaired) electrons. The van der Waals surface area contributed by atoms with Gasteiger partial charge in [0.25, 0.3) is 5.91 Å². The highest BCUT2D eigenvalue weighted by molar-refractivity contribution is 7.13. The van der Waals surface area contributed by atoms with Crippen LogP contribution in [0.25, 0.3) is 11.8 Å². The van der Waals surface area contributed by atoms with Crippen LogP contribution in [0.1, 0.15) is 17.0 Å². The maximum absolute atomic E-state index is 13.2. The summed E-state index contributed by atoms with van der Waals surface area (Å²) in [7, 11) is 0. The van der Waals surface area contributed by atoms with Crippen LogP contribution in [0, 0.1) is 31.0 Å². The van der Waals surface area contributed by atoms with E-state index in [0.29, 0.717) is 5.13 Å². The monoisotopic (exact) mass is 366 g/mol. The van der Waals surface area contributed by atoms with Crippen LogP contribution < -0.4 is 5.32 Å². The summed E-state index contributed by atoms with van der Waals surface area (Å²) in [6.45, 7) is 3.80. The largest absolute Gasteiger partial charge is 0.318 e. The first kappa shape index (κ1) is 17.6. The molecule has 0 bridgehead atoms. The molecule has 0 aliphatic rings. The molecule has 1 amide bonds. The summed E-state index contributed by atoms with van der Waals surface area (Å²) in [6, 6.07) is 9.97. The number of nitrogens with zero attached hydrogens (tertiary/aromatic N) is 3. The molecule has 2 heterocycles. The topological polar surface area (TPSA) is 70.7 Å². The lowest BCUT2D eigenvalue weighted by atomic mass is 10.1. The molecule has 130 valence electrons. The number of carbonyl (C=O) groups is 1. The van der Waals surface area contributed by atoms with Crippen molar-refractivity contribution >= 4 is 28.5 Å². The maximum atomic E-state index is 13.2. The van der Waals surface area contributed by atoms with Crippen molar-refractivity contribution in [3.63, 3.8) is 0 Å². The van der Waals surface area contributed by atoms with Gasteiger partial charge < -0.3 is 4.57 Å². The van der Waals surface area contributed by atoms with Crippen molar-refractivity contribution in [3.8, 4) is 11.8 Å². The number of halogens is 1. The normalized spacial score (nSPS) is 11.2. The van der Waals surface area contributed by atoms with Gasteiger partial charge >= 0.3 is 0 Å². The number of nitriles is 1. The first-order valence-corrected chi connectivity index (χ1v) is 8.65. The molecule has 5 nitrogen and oxygen atoms in total. The zero-order valence-corrected chi connectivity index (χ0v) is 15.0.